The zero-order valence-corrected chi connectivity index (χ0v) is 8.60. The summed E-state index contributed by atoms with van der Waals surface area (Å²) in [6, 6.07) is 0. The van der Waals surface area contributed by atoms with E-state index < -0.39 is 0 Å². The minimum absolute atomic E-state index is 0.893. The van der Waals surface area contributed by atoms with Crippen LogP contribution in [0, 0.1) is 11.8 Å². The maximum absolute atomic E-state index is 4.13. The average Bonchev–Trinajstić information content (AvgIpc) is 2.03. The van der Waals surface area contributed by atoms with Crippen molar-refractivity contribution in [2.75, 3.05) is 0 Å². The van der Waals surface area contributed by atoms with Gasteiger partial charge in [0.2, 0.25) is 0 Å². The number of allylic oxidation sites excluding steroid dienone is 1. The number of hydrogen-bond donors (Lipinski definition) is 0. The van der Waals surface area contributed by atoms with Gasteiger partial charge < -0.3 is 0 Å². The van der Waals surface area contributed by atoms with E-state index in [1.165, 1.54) is 44.1 Å². The largest absolute Gasteiger partial charge is 0.0996 e. The van der Waals surface area contributed by atoms with Crippen LogP contribution in [0.25, 0.3) is 0 Å². The third-order valence-corrected chi connectivity index (χ3v) is 3.19. The summed E-state index contributed by atoms with van der Waals surface area (Å²) in [5.41, 5.74) is 1.53. The first-order chi connectivity index (χ1) is 5.79. The molecular weight excluding hydrogens is 144 g/mol. The van der Waals surface area contributed by atoms with Gasteiger partial charge in [-0.1, -0.05) is 51.7 Å². The molecule has 0 aromatic heterocycles. The van der Waals surface area contributed by atoms with E-state index in [1.807, 2.05) is 0 Å². The first-order valence-corrected chi connectivity index (χ1v) is 5.47. The van der Waals surface area contributed by atoms with E-state index in [0.29, 0.717) is 0 Å². The molecule has 0 aromatic rings. The van der Waals surface area contributed by atoms with E-state index in [9.17, 15) is 0 Å². The maximum Gasteiger partial charge on any atom is -0.0175 e. The van der Waals surface area contributed by atoms with Gasteiger partial charge in [-0.05, 0) is 24.7 Å². The summed E-state index contributed by atoms with van der Waals surface area (Å²) < 4.78 is 0. The van der Waals surface area contributed by atoms with Gasteiger partial charge in [0.15, 0.2) is 0 Å². The zero-order chi connectivity index (χ0) is 8.97. The minimum atomic E-state index is 0.893. The van der Waals surface area contributed by atoms with Crippen LogP contribution >= 0.6 is 0 Å². The van der Waals surface area contributed by atoms with Crippen molar-refractivity contribution < 1.29 is 0 Å². The molecule has 0 aromatic carbocycles. The lowest BCUT2D eigenvalue weighted by Crippen LogP contribution is -2.24. The molecule has 0 aliphatic heterocycles. The number of hydrogen-bond acceptors (Lipinski definition) is 0. The molecule has 0 nitrogen and oxygen atoms in total. The van der Waals surface area contributed by atoms with E-state index in [0.717, 1.165) is 11.8 Å². The molecule has 0 heterocycles. The van der Waals surface area contributed by atoms with Crippen molar-refractivity contribution in [3.8, 4) is 0 Å². The molecular formula is C12H22. The van der Waals surface area contributed by atoms with Crippen molar-refractivity contribution in [1.29, 1.82) is 0 Å². The molecule has 1 aliphatic rings. The van der Waals surface area contributed by atoms with Gasteiger partial charge in [-0.25, -0.2) is 0 Å². The fraction of sp³-hybridized carbons (Fsp3) is 0.833. The second-order valence-electron chi connectivity index (χ2n) is 4.14. The molecule has 1 aliphatic carbocycles. The Hall–Kier alpha value is -0.260. The van der Waals surface area contributed by atoms with E-state index in [2.05, 4.69) is 20.4 Å². The van der Waals surface area contributed by atoms with Crippen molar-refractivity contribution in [3.63, 3.8) is 0 Å². The SMILES string of the molecule is C=C1CCC1C(CCC)CCC. The molecule has 12 heavy (non-hydrogen) atoms. The Labute approximate surface area is 77.1 Å². The van der Waals surface area contributed by atoms with Gasteiger partial charge in [0.25, 0.3) is 0 Å². The lowest BCUT2D eigenvalue weighted by atomic mass is 9.69. The Morgan fingerprint density at radius 2 is 1.92 bits per heavy atom. The Kier molecular flexibility index (Phi) is 3.84. The molecule has 0 bridgehead atoms. The summed E-state index contributed by atoms with van der Waals surface area (Å²) in [5, 5.41) is 0. The monoisotopic (exact) mass is 166 g/mol. The van der Waals surface area contributed by atoms with E-state index in [4.69, 9.17) is 0 Å². The van der Waals surface area contributed by atoms with Gasteiger partial charge in [-0.2, -0.15) is 0 Å². The molecule has 1 rings (SSSR count). The van der Waals surface area contributed by atoms with E-state index in [1.54, 1.807) is 0 Å². The fourth-order valence-electron chi connectivity index (χ4n) is 2.37. The molecule has 0 saturated heterocycles. The number of rotatable bonds is 5. The highest BCUT2D eigenvalue weighted by Gasteiger charge is 2.28. The molecule has 1 saturated carbocycles. The van der Waals surface area contributed by atoms with Crippen molar-refractivity contribution in [2.45, 2.75) is 52.4 Å². The van der Waals surface area contributed by atoms with Crippen LogP contribution in [-0.4, -0.2) is 0 Å². The van der Waals surface area contributed by atoms with Crippen LogP contribution in [0.2, 0.25) is 0 Å². The van der Waals surface area contributed by atoms with Crippen LogP contribution < -0.4 is 0 Å². The van der Waals surface area contributed by atoms with E-state index in [-0.39, 0.29) is 0 Å². The Morgan fingerprint density at radius 1 is 1.33 bits per heavy atom. The minimum Gasteiger partial charge on any atom is -0.0996 e. The Morgan fingerprint density at radius 3 is 2.17 bits per heavy atom. The Bertz CT molecular complexity index is 140. The smallest absolute Gasteiger partial charge is 0.0175 e. The lowest BCUT2D eigenvalue weighted by molar-refractivity contribution is 0.259. The summed E-state index contributed by atoms with van der Waals surface area (Å²) in [5.74, 6) is 1.85. The summed E-state index contributed by atoms with van der Waals surface area (Å²) in [7, 11) is 0. The van der Waals surface area contributed by atoms with Crippen LogP contribution in [0.5, 0.6) is 0 Å². The highest BCUT2D eigenvalue weighted by molar-refractivity contribution is 5.11. The zero-order valence-electron chi connectivity index (χ0n) is 8.60. The third-order valence-electron chi connectivity index (χ3n) is 3.19. The van der Waals surface area contributed by atoms with Crippen molar-refractivity contribution in [3.05, 3.63) is 12.2 Å². The van der Waals surface area contributed by atoms with Crippen molar-refractivity contribution in [2.24, 2.45) is 11.8 Å². The van der Waals surface area contributed by atoms with Gasteiger partial charge in [0, 0.05) is 0 Å². The second-order valence-corrected chi connectivity index (χ2v) is 4.14. The third kappa shape index (κ3) is 2.12. The molecule has 70 valence electrons. The van der Waals surface area contributed by atoms with Gasteiger partial charge in [0.1, 0.15) is 0 Å². The first kappa shape index (κ1) is 9.83. The maximum atomic E-state index is 4.13. The summed E-state index contributed by atoms with van der Waals surface area (Å²) in [6.07, 6.45) is 8.23. The normalized spacial score (nSPS) is 22.9. The van der Waals surface area contributed by atoms with Gasteiger partial charge in [0.05, 0.1) is 0 Å². The first-order valence-electron chi connectivity index (χ1n) is 5.47. The Balaban J connectivity index is 2.35. The molecule has 1 fully saturated rings. The predicted octanol–water partition coefficient (Wildman–Crippen LogP) is 4.17. The van der Waals surface area contributed by atoms with Crippen LogP contribution in [0.3, 0.4) is 0 Å². The quantitative estimate of drug-likeness (QED) is 0.538. The van der Waals surface area contributed by atoms with Gasteiger partial charge in [-0.15, -0.1) is 0 Å². The van der Waals surface area contributed by atoms with Crippen molar-refractivity contribution >= 4 is 0 Å². The molecule has 0 heteroatoms. The van der Waals surface area contributed by atoms with E-state index >= 15 is 0 Å². The molecule has 1 atom stereocenters. The van der Waals surface area contributed by atoms with Crippen LogP contribution in [-0.2, 0) is 0 Å². The molecule has 0 N–H and O–H groups in total. The highest BCUT2D eigenvalue weighted by Crippen LogP contribution is 2.41. The highest BCUT2D eigenvalue weighted by atomic mass is 14.3. The van der Waals surface area contributed by atoms with Crippen LogP contribution in [0.1, 0.15) is 52.4 Å². The van der Waals surface area contributed by atoms with Crippen LogP contribution in [0.15, 0.2) is 12.2 Å². The average molecular weight is 166 g/mol. The topological polar surface area (TPSA) is 0 Å². The molecule has 0 radical (unpaired) electrons. The summed E-state index contributed by atoms with van der Waals surface area (Å²) in [4.78, 5) is 0. The van der Waals surface area contributed by atoms with Crippen LogP contribution in [0.4, 0.5) is 0 Å². The lowest BCUT2D eigenvalue weighted by Gasteiger charge is -2.36. The second kappa shape index (κ2) is 4.69. The predicted molar refractivity (Wildman–Crippen MR) is 55.2 cm³/mol. The summed E-state index contributed by atoms with van der Waals surface area (Å²) >= 11 is 0. The van der Waals surface area contributed by atoms with Gasteiger partial charge in [-0.3, -0.25) is 0 Å². The molecule has 0 spiro atoms. The van der Waals surface area contributed by atoms with Crippen molar-refractivity contribution in [1.82, 2.24) is 0 Å². The van der Waals surface area contributed by atoms with Gasteiger partial charge >= 0.3 is 0 Å². The summed E-state index contributed by atoms with van der Waals surface area (Å²) in [6.45, 7) is 8.72. The standard InChI is InChI=1S/C12H22/c1-4-6-11(7-5-2)12-9-8-10(12)3/h11-12H,3-9H2,1-2H3. The molecule has 1 unspecified atom stereocenters. The fourth-order valence-corrected chi connectivity index (χ4v) is 2.37. The molecule has 0 amide bonds.